The molecule has 0 aliphatic heterocycles. The third kappa shape index (κ3) is 35.0. The van der Waals surface area contributed by atoms with Gasteiger partial charge in [0.2, 0.25) is 6.29 Å². The van der Waals surface area contributed by atoms with Crippen molar-refractivity contribution in [3.8, 4) is 0 Å². The predicted octanol–water partition coefficient (Wildman–Crippen LogP) is 19.5. The van der Waals surface area contributed by atoms with E-state index in [9.17, 15) is 52.7 Å². The van der Waals surface area contributed by atoms with Crippen LogP contribution in [-0.4, -0.2) is 139 Å². The maximum absolute atomic E-state index is 12.5. The summed E-state index contributed by atoms with van der Waals surface area (Å²) in [4.78, 5) is 128. The highest BCUT2D eigenvalue weighted by Gasteiger charge is 2.71. The number of hydrogen-bond donors (Lipinski definition) is 0. The molecule has 0 aromatic carbocycles. The molecule has 7 fully saturated rings. The van der Waals surface area contributed by atoms with Crippen molar-refractivity contribution in [2.75, 3.05) is 33.0 Å². The normalized spacial score (nSPS) is 20.7. The van der Waals surface area contributed by atoms with Gasteiger partial charge in [0.25, 0.3) is 0 Å². The molecule has 0 aromatic heterocycles. The lowest BCUT2D eigenvalue weighted by Crippen LogP contribution is -2.72. The van der Waals surface area contributed by atoms with Gasteiger partial charge in [0.15, 0.2) is 26.4 Å². The summed E-state index contributed by atoms with van der Waals surface area (Å²) in [5, 5.41) is 0. The van der Waals surface area contributed by atoms with Gasteiger partial charge in [0.05, 0.1) is 44.7 Å². The molecule has 23 heteroatoms. The molecule has 8 bridgehead atoms. The van der Waals surface area contributed by atoms with Crippen LogP contribution in [0.25, 0.3) is 0 Å². The summed E-state index contributed by atoms with van der Waals surface area (Å²) in [6.07, 6.45) is 14.4. The highest BCUT2D eigenvalue weighted by molar-refractivity contribution is 5.82. The fourth-order valence-electron chi connectivity index (χ4n) is 12.6. The van der Waals surface area contributed by atoms with E-state index in [0.717, 1.165) is 60.7 Å². The number of rotatable bonds is 34. The van der Waals surface area contributed by atoms with E-state index in [1.807, 2.05) is 180 Å². The Labute approximate surface area is 689 Å². The highest BCUT2D eigenvalue weighted by atomic mass is 16.7. The number of carbonyl (C=O) groups excluding carboxylic acids is 11. The molecule has 23 nitrogen and oxygen atoms in total. The number of hydrogen-bond acceptors (Lipinski definition) is 23. The zero-order valence-corrected chi connectivity index (χ0v) is 78.4. The van der Waals surface area contributed by atoms with Crippen LogP contribution in [0.4, 0.5) is 0 Å². The lowest BCUT2D eigenvalue weighted by Gasteiger charge is -2.74. The van der Waals surface area contributed by atoms with Gasteiger partial charge in [-0.2, -0.15) is 0 Å². The summed E-state index contributed by atoms with van der Waals surface area (Å²) in [5.41, 5.74) is -5.92. The van der Waals surface area contributed by atoms with Crippen molar-refractivity contribution in [2.24, 2.45) is 85.2 Å². The quantitative estimate of drug-likeness (QED) is 0.0250. The lowest BCUT2D eigenvalue weighted by atomic mass is 9.34. The molecule has 664 valence electrons. The number of ether oxygens (including phenoxy) is 12. The molecular weight excluding hydrogens is 1460 g/mol. The first kappa shape index (κ1) is 108. The molecule has 0 heterocycles. The first-order valence-electron chi connectivity index (χ1n) is 42.4. The predicted molar refractivity (Wildman–Crippen MR) is 441 cm³/mol. The maximum Gasteiger partial charge on any atom is 0.344 e. The van der Waals surface area contributed by atoms with Crippen LogP contribution < -0.4 is 0 Å². The Morgan fingerprint density at radius 1 is 0.342 bits per heavy atom. The standard InChI is InChI=1S/C22H34O3.2C15H28O4.C14H26O4.C13H24O4.C12H22O4/c1-5-21(3,4)20(23)24-12(2)25-22-11-14-7-16-15-6-13(9-18(16)22)10-19(22)17(15)8-14;1-9-14(5,6)12(17)18-10-11(16)19-15(7,8)13(2,3)4;1-7-14(3,4)13(17)18-11-9-10-12(16)19-15(5,6)8-2;1-8-13(4,5)12(16)17-9-11(15)18-14(6,7)10(2)3;1-7-12(3,4)11(15)16-9-10(14)17-13(5,6)8-2;1-7-12(5,6)10(14)15-8-9(13)16-11(2,3)4/h12-19H,5-11H2,1-4H3;9-10H2,1-8H3;7-11H2,1-6H3;10H,8-9H2,1-7H3;7-9H2,1-6H3;7-8H2,1-6H3. The molecular formula is C91H162O23. The van der Waals surface area contributed by atoms with Crippen molar-refractivity contribution in [1.82, 2.24) is 0 Å². The summed E-state index contributed by atoms with van der Waals surface area (Å²) in [5.74, 6) is 2.20. The molecule has 0 spiro atoms. The summed E-state index contributed by atoms with van der Waals surface area (Å²) >= 11 is 0. The van der Waals surface area contributed by atoms with Crippen LogP contribution in [-0.2, 0) is 110 Å². The fourth-order valence-corrected chi connectivity index (χ4v) is 12.6. The molecule has 7 saturated carbocycles. The van der Waals surface area contributed by atoms with Crippen molar-refractivity contribution in [3.05, 3.63) is 0 Å². The Kier molecular flexibility index (Phi) is 42.0. The van der Waals surface area contributed by atoms with E-state index in [0.29, 0.717) is 38.5 Å². The van der Waals surface area contributed by atoms with Crippen molar-refractivity contribution in [2.45, 2.75) is 399 Å². The Balaban J connectivity index is 0.00000136. The lowest BCUT2D eigenvalue weighted by molar-refractivity contribution is -0.338. The van der Waals surface area contributed by atoms with Crippen molar-refractivity contribution in [3.63, 3.8) is 0 Å². The van der Waals surface area contributed by atoms with E-state index in [1.165, 1.54) is 38.5 Å². The second kappa shape index (κ2) is 44.3. The highest BCUT2D eigenvalue weighted by Crippen LogP contribution is 2.74. The van der Waals surface area contributed by atoms with Gasteiger partial charge in [-0.15, -0.1) is 0 Å². The Bertz CT molecular complexity index is 3080. The zero-order valence-electron chi connectivity index (χ0n) is 78.4. The van der Waals surface area contributed by atoms with E-state index in [2.05, 4.69) is 0 Å². The molecule has 0 N–H and O–H groups in total. The third-order valence-corrected chi connectivity index (χ3v) is 25.2. The molecule has 114 heavy (non-hydrogen) atoms. The molecule has 0 radical (unpaired) electrons. The van der Waals surface area contributed by atoms with Crippen molar-refractivity contribution in [1.29, 1.82) is 0 Å². The molecule has 0 amide bonds. The van der Waals surface area contributed by atoms with Crippen LogP contribution in [0.2, 0.25) is 0 Å². The van der Waals surface area contributed by atoms with E-state index >= 15 is 0 Å². The second-order valence-corrected chi connectivity index (χ2v) is 40.6. The number of carbonyl (C=O) groups is 11. The first-order valence-corrected chi connectivity index (χ1v) is 42.4. The molecule has 7 aliphatic carbocycles. The molecule has 7 aliphatic rings. The Hall–Kier alpha value is -5.87. The SMILES string of the molecule is CCC(C)(C)C(=O)OC(C)OC12CC3CC4C5CC(CC41)CC2C5C3.CCC(C)(C)C(=O)OCC(=O)OC(C)(C)C.CCC(C)(C)C(=O)OCC(=O)OC(C)(C)C(C)(C)C.CCC(C)(C)C(=O)OCC(=O)OC(C)(C)C(C)C.CCC(C)(C)OC(=O)CCCOC(=O)C(C)(C)CC.CCC(C)(C)OC(=O)COC(=O)C(C)(C)CC. The zero-order chi connectivity index (χ0) is 89.4. The van der Waals surface area contributed by atoms with Crippen LogP contribution in [0.5, 0.6) is 0 Å². The summed E-state index contributed by atoms with van der Waals surface area (Å²) in [6, 6.07) is 0. The van der Waals surface area contributed by atoms with Gasteiger partial charge < -0.3 is 56.8 Å². The van der Waals surface area contributed by atoms with Gasteiger partial charge in [-0.05, 0) is 310 Å². The molecule has 0 aromatic rings. The average Bonchev–Trinajstić information content (AvgIpc) is 0.674. The monoisotopic (exact) mass is 1620 g/mol. The Morgan fingerprint density at radius 2 is 0.649 bits per heavy atom. The largest absolute Gasteiger partial charge is 0.465 e. The molecule has 0 saturated heterocycles. The van der Waals surface area contributed by atoms with Crippen LogP contribution in [0.3, 0.4) is 0 Å². The summed E-state index contributed by atoms with van der Waals surface area (Å²) in [7, 11) is 0. The van der Waals surface area contributed by atoms with Crippen LogP contribution in [0, 0.1) is 85.2 Å². The summed E-state index contributed by atoms with van der Waals surface area (Å²) in [6.45, 7) is 68.4. The minimum atomic E-state index is -0.614. The van der Waals surface area contributed by atoms with Gasteiger partial charge in [0.1, 0.15) is 28.0 Å². The minimum Gasteiger partial charge on any atom is -0.465 e. The van der Waals surface area contributed by atoms with Crippen LogP contribution >= 0.6 is 0 Å². The van der Waals surface area contributed by atoms with Gasteiger partial charge in [-0.25, -0.2) is 19.2 Å². The van der Waals surface area contributed by atoms with Gasteiger partial charge >= 0.3 is 65.7 Å². The topological polar surface area (TPSA) is 299 Å². The fraction of sp³-hybridized carbons (Fsp3) is 0.879. The van der Waals surface area contributed by atoms with Gasteiger partial charge in [-0.3, -0.25) is 33.6 Å². The second-order valence-electron chi connectivity index (χ2n) is 40.6. The number of esters is 11. The third-order valence-electron chi connectivity index (χ3n) is 25.2. The molecule has 7 rings (SSSR count). The van der Waals surface area contributed by atoms with E-state index in [1.54, 1.807) is 76.2 Å². The van der Waals surface area contributed by atoms with Crippen LogP contribution in [0.1, 0.15) is 359 Å². The van der Waals surface area contributed by atoms with Gasteiger partial charge in [0, 0.05) is 11.8 Å². The smallest absolute Gasteiger partial charge is 0.344 e. The van der Waals surface area contributed by atoms with E-state index < -0.39 is 90.7 Å². The average molecular weight is 1620 g/mol. The molecule has 5 atom stereocenters. The van der Waals surface area contributed by atoms with Gasteiger partial charge in [-0.1, -0.05) is 90.0 Å². The van der Waals surface area contributed by atoms with Crippen LogP contribution in [0.15, 0.2) is 0 Å². The van der Waals surface area contributed by atoms with Crippen molar-refractivity contribution < 1.29 is 110 Å². The summed E-state index contributed by atoms with van der Waals surface area (Å²) < 4.78 is 63.7. The van der Waals surface area contributed by atoms with E-state index in [4.69, 9.17) is 56.8 Å². The first-order chi connectivity index (χ1) is 51.6. The molecule has 5 unspecified atom stereocenters. The Morgan fingerprint density at radius 3 is 0.974 bits per heavy atom. The minimum absolute atomic E-state index is 0.0278. The maximum atomic E-state index is 12.5. The van der Waals surface area contributed by atoms with Crippen molar-refractivity contribution >= 4 is 65.7 Å². The van der Waals surface area contributed by atoms with E-state index in [-0.39, 0.29) is 98.2 Å².